The minimum Gasteiger partial charge on any atom is -0.477 e. The minimum atomic E-state index is -1.13. The molecule has 1 aliphatic rings. The van der Waals surface area contributed by atoms with Crippen molar-refractivity contribution in [3.63, 3.8) is 0 Å². The van der Waals surface area contributed by atoms with E-state index in [1.165, 1.54) is 23.2 Å². The van der Waals surface area contributed by atoms with Crippen LogP contribution in [0.3, 0.4) is 0 Å². The fourth-order valence-corrected chi connectivity index (χ4v) is 3.52. The number of rotatable bonds is 6. The van der Waals surface area contributed by atoms with E-state index in [0.29, 0.717) is 12.0 Å². The minimum absolute atomic E-state index is 0.0373. The van der Waals surface area contributed by atoms with Gasteiger partial charge in [0, 0.05) is 5.54 Å². The molecule has 1 fully saturated rings. The first kappa shape index (κ1) is 17.1. The zero-order valence-electron chi connectivity index (χ0n) is 13.7. The summed E-state index contributed by atoms with van der Waals surface area (Å²) in [5.74, 6) is -1.70. The van der Waals surface area contributed by atoms with Crippen molar-refractivity contribution in [2.75, 3.05) is 0 Å². The average molecular weight is 345 g/mol. The Morgan fingerprint density at radius 1 is 1.28 bits per heavy atom. The quantitative estimate of drug-likeness (QED) is 0.842. The maximum Gasteiger partial charge on any atom is 0.354 e. The molecule has 1 aromatic carbocycles. The number of aromatic nitrogens is 2. The molecule has 0 aliphatic heterocycles. The summed E-state index contributed by atoms with van der Waals surface area (Å²) in [7, 11) is 0. The van der Waals surface area contributed by atoms with E-state index in [1.807, 2.05) is 0 Å². The second kappa shape index (κ2) is 7.04. The topological polar surface area (TPSA) is 84.2 Å². The number of halogens is 1. The van der Waals surface area contributed by atoms with Gasteiger partial charge >= 0.3 is 5.97 Å². The lowest BCUT2D eigenvalue weighted by atomic mass is 9.88. The second-order valence-corrected chi connectivity index (χ2v) is 6.52. The number of hydrogen-bond acceptors (Lipinski definition) is 3. The number of benzene rings is 1. The second-order valence-electron chi connectivity index (χ2n) is 6.52. The molecule has 0 saturated heterocycles. The smallest absolute Gasteiger partial charge is 0.354 e. The lowest BCUT2D eigenvalue weighted by Crippen LogP contribution is -2.49. The summed E-state index contributed by atoms with van der Waals surface area (Å²) >= 11 is 0. The van der Waals surface area contributed by atoms with Crippen molar-refractivity contribution in [1.82, 2.24) is 14.9 Å². The number of nitrogens with one attached hydrogen (secondary N) is 1. The molecule has 2 N–H and O–H groups in total. The maximum atomic E-state index is 14.0. The summed E-state index contributed by atoms with van der Waals surface area (Å²) < 4.78 is 15.3. The van der Waals surface area contributed by atoms with Gasteiger partial charge in [-0.15, -0.1) is 0 Å². The first-order valence-corrected chi connectivity index (χ1v) is 8.27. The number of nitrogens with zero attached hydrogens (tertiary/aromatic N) is 2. The highest BCUT2D eigenvalue weighted by molar-refractivity contribution is 5.86. The van der Waals surface area contributed by atoms with E-state index in [9.17, 15) is 14.0 Å². The van der Waals surface area contributed by atoms with Crippen LogP contribution in [0.4, 0.5) is 4.39 Å². The first-order chi connectivity index (χ1) is 12.0. The number of imidazole rings is 1. The normalized spacial score (nSPS) is 15.9. The van der Waals surface area contributed by atoms with Crippen LogP contribution in [0, 0.1) is 5.82 Å². The molecule has 2 aromatic rings. The van der Waals surface area contributed by atoms with Gasteiger partial charge in [0.2, 0.25) is 5.91 Å². The third kappa shape index (κ3) is 3.87. The van der Waals surface area contributed by atoms with Crippen molar-refractivity contribution < 1.29 is 19.1 Å². The molecule has 6 nitrogen and oxygen atoms in total. The Hall–Kier alpha value is -2.70. The van der Waals surface area contributed by atoms with E-state index in [2.05, 4.69) is 10.3 Å². The number of carbonyl (C=O) groups excluding carboxylic acids is 1. The third-order valence-corrected chi connectivity index (χ3v) is 4.70. The highest BCUT2D eigenvalue weighted by atomic mass is 19.1. The van der Waals surface area contributed by atoms with Crippen molar-refractivity contribution in [3.05, 3.63) is 53.9 Å². The zero-order valence-corrected chi connectivity index (χ0v) is 13.7. The number of carboxylic acid groups (broad SMARTS) is 1. The number of amides is 1. The molecule has 0 spiro atoms. The van der Waals surface area contributed by atoms with E-state index < -0.39 is 11.5 Å². The lowest BCUT2D eigenvalue weighted by Gasteiger charge is -2.31. The maximum absolute atomic E-state index is 14.0. The van der Waals surface area contributed by atoms with Gasteiger partial charge in [0.25, 0.3) is 0 Å². The molecule has 3 rings (SSSR count). The van der Waals surface area contributed by atoms with Crippen LogP contribution in [0.2, 0.25) is 0 Å². The number of hydrogen-bond donors (Lipinski definition) is 2. The molecule has 0 radical (unpaired) electrons. The van der Waals surface area contributed by atoms with Crippen molar-refractivity contribution in [3.8, 4) is 0 Å². The van der Waals surface area contributed by atoms with E-state index in [4.69, 9.17) is 5.11 Å². The molecular formula is C18H20FN3O3. The summed E-state index contributed by atoms with van der Waals surface area (Å²) in [6.45, 7) is -0.124. The van der Waals surface area contributed by atoms with Gasteiger partial charge in [0.1, 0.15) is 18.1 Å². The molecule has 1 aliphatic carbocycles. The van der Waals surface area contributed by atoms with Crippen LogP contribution < -0.4 is 5.32 Å². The van der Waals surface area contributed by atoms with E-state index in [1.54, 1.807) is 18.2 Å². The molecule has 1 heterocycles. The predicted molar refractivity (Wildman–Crippen MR) is 88.6 cm³/mol. The summed E-state index contributed by atoms with van der Waals surface area (Å²) in [4.78, 5) is 27.4. The summed E-state index contributed by atoms with van der Waals surface area (Å²) in [5, 5.41) is 12.1. The van der Waals surface area contributed by atoms with Gasteiger partial charge in [0.05, 0.1) is 12.5 Å². The molecule has 1 amide bonds. The van der Waals surface area contributed by atoms with Gasteiger partial charge in [0.15, 0.2) is 0 Å². The van der Waals surface area contributed by atoms with Crippen molar-refractivity contribution in [2.45, 2.75) is 44.2 Å². The molecule has 0 bridgehead atoms. The van der Waals surface area contributed by atoms with Crippen LogP contribution in [0.1, 0.15) is 41.7 Å². The van der Waals surface area contributed by atoms with Crippen LogP contribution in [0.25, 0.3) is 0 Å². The van der Waals surface area contributed by atoms with Crippen molar-refractivity contribution in [2.24, 2.45) is 0 Å². The first-order valence-electron chi connectivity index (χ1n) is 8.27. The van der Waals surface area contributed by atoms with Gasteiger partial charge in [-0.25, -0.2) is 14.2 Å². The SMILES string of the molecule is O=C(Cn1cncc1C(=O)O)NC1(Cc2ccccc2F)CCCC1. The fraction of sp³-hybridized carbons (Fsp3) is 0.389. The van der Waals surface area contributed by atoms with Crippen LogP contribution in [0.15, 0.2) is 36.8 Å². The summed E-state index contributed by atoms with van der Waals surface area (Å²) in [6, 6.07) is 6.59. The predicted octanol–water partition coefficient (Wildman–Crippen LogP) is 2.39. The molecule has 7 heteroatoms. The Bertz CT molecular complexity index is 781. The van der Waals surface area contributed by atoms with Gasteiger partial charge < -0.3 is 15.0 Å². The van der Waals surface area contributed by atoms with Crippen LogP contribution in [-0.4, -0.2) is 32.1 Å². The molecule has 1 aromatic heterocycles. The van der Waals surface area contributed by atoms with Gasteiger partial charge in [-0.05, 0) is 30.9 Å². The Morgan fingerprint density at radius 2 is 2.00 bits per heavy atom. The van der Waals surface area contributed by atoms with Crippen LogP contribution >= 0.6 is 0 Å². The third-order valence-electron chi connectivity index (χ3n) is 4.70. The van der Waals surface area contributed by atoms with Gasteiger partial charge in [-0.3, -0.25) is 4.79 Å². The van der Waals surface area contributed by atoms with Crippen molar-refractivity contribution >= 4 is 11.9 Å². The number of carbonyl (C=O) groups is 2. The molecule has 132 valence electrons. The Balaban J connectivity index is 1.73. The largest absolute Gasteiger partial charge is 0.477 e. The Labute approximate surface area is 144 Å². The zero-order chi connectivity index (χ0) is 17.9. The molecule has 0 atom stereocenters. The highest BCUT2D eigenvalue weighted by Gasteiger charge is 2.36. The van der Waals surface area contributed by atoms with Gasteiger partial charge in [-0.2, -0.15) is 0 Å². The van der Waals surface area contributed by atoms with Crippen LogP contribution in [0.5, 0.6) is 0 Å². The van der Waals surface area contributed by atoms with E-state index in [0.717, 1.165) is 25.7 Å². The van der Waals surface area contributed by atoms with Crippen LogP contribution in [-0.2, 0) is 17.8 Å². The molecule has 0 unspecified atom stereocenters. The lowest BCUT2D eigenvalue weighted by molar-refractivity contribution is -0.123. The van der Waals surface area contributed by atoms with Crippen molar-refractivity contribution in [1.29, 1.82) is 0 Å². The van der Waals surface area contributed by atoms with E-state index in [-0.39, 0.29) is 24.0 Å². The molecule has 1 saturated carbocycles. The Morgan fingerprint density at radius 3 is 2.68 bits per heavy atom. The fourth-order valence-electron chi connectivity index (χ4n) is 3.52. The highest BCUT2D eigenvalue weighted by Crippen LogP contribution is 2.33. The molecular weight excluding hydrogens is 325 g/mol. The number of aromatic carboxylic acids is 1. The van der Waals surface area contributed by atoms with E-state index >= 15 is 0 Å². The average Bonchev–Trinajstić information content (AvgIpc) is 3.19. The Kier molecular flexibility index (Phi) is 4.83. The summed E-state index contributed by atoms with van der Waals surface area (Å²) in [5.41, 5.74) is 0.0618. The monoisotopic (exact) mass is 345 g/mol. The molecule has 25 heavy (non-hydrogen) atoms. The number of carboxylic acids is 1. The summed E-state index contributed by atoms with van der Waals surface area (Å²) in [6.07, 6.45) is 6.47. The van der Waals surface area contributed by atoms with Gasteiger partial charge in [-0.1, -0.05) is 31.0 Å². The standard InChI is InChI=1S/C18H20FN3O3/c19-14-6-2-1-5-13(14)9-18(7-3-4-8-18)21-16(23)11-22-12-20-10-15(22)17(24)25/h1-2,5-6,10,12H,3-4,7-9,11H2,(H,21,23)(H,24,25).